The van der Waals surface area contributed by atoms with E-state index >= 15 is 0 Å². The number of halogens is 6. The van der Waals surface area contributed by atoms with Crippen LogP contribution in [0.25, 0.3) is 0 Å². The van der Waals surface area contributed by atoms with Crippen LogP contribution in [0.2, 0.25) is 0 Å². The zero-order chi connectivity index (χ0) is 12.6. The molecule has 11 heteroatoms. The summed E-state index contributed by atoms with van der Waals surface area (Å²) in [6.07, 6.45) is 0. The van der Waals surface area contributed by atoms with Crippen molar-refractivity contribution >= 4 is 68.8 Å². The van der Waals surface area contributed by atoms with Crippen molar-refractivity contribution < 1.29 is 13.6 Å². The normalized spacial score (nSPS) is 12.6. The average Bonchev–Trinajstić information content (AvgIpc) is 2.49. The number of rotatable bonds is 2. The molecule has 16 heavy (non-hydrogen) atoms. The fourth-order valence-corrected chi connectivity index (χ4v) is 1.46. The van der Waals surface area contributed by atoms with E-state index in [9.17, 15) is 13.6 Å². The fourth-order valence-electron chi connectivity index (χ4n) is 0.556. The number of hydrogen-bond donors (Lipinski definition) is 1. The molecule has 0 unspecified atom stereocenters. The minimum atomic E-state index is -3.65. The van der Waals surface area contributed by atoms with Crippen molar-refractivity contribution in [3.63, 3.8) is 0 Å². The SMILES string of the molecule is O=C(Nc1nnc(C(F)(F)Cl)s1)C(Cl)(Cl)Cl. The number of nitrogens with zero attached hydrogens (tertiary/aromatic N) is 2. The second-order valence-electron chi connectivity index (χ2n) is 2.36. The second-order valence-corrected chi connectivity index (χ2v) is 6.10. The van der Waals surface area contributed by atoms with Gasteiger partial charge in [-0.1, -0.05) is 46.1 Å². The number of anilines is 1. The van der Waals surface area contributed by atoms with Crippen LogP contribution in [0, 0.1) is 0 Å². The zero-order valence-corrected chi connectivity index (χ0v) is 10.8. The lowest BCUT2D eigenvalue weighted by atomic mass is 10.7. The molecule has 1 rings (SSSR count). The monoisotopic (exact) mass is 329 g/mol. The average molecular weight is 331 g/mol. The van der Waals surface area contributed by atoms with Gasteiger partial charge in [0.25, 0.3) is 9.70 Å². The largest absolute Gasteiger partial charge is 0.375 e. The van der Waals surface area contributed by atoms with Gasteiger partial charge in [0.05, 0.1) is 0 Å². The molecule has 0 aliphatic rings. The molecule has 1 N–H and O–H groups in total. The highest BCUT2D eigenvalue weighted by molar-refractivity contribution is 7.15. The van der Waals surface area contributed by atoms with E-state index in [1.165, 1.54) is 0 Å². The van der Waals surface area contributed by atoms with E-state index in [1.807, 2.05) is 5.32 Å². The number of aromatic nitrogens is 2. The summed E-state index contributed by atoms with van der Waals surface area (Å²) in [5.41, 5.74) is 0. The van der Waals surface area contributed by atoms with Gasteiger partial charge in [0.1, 0.15) is 0 Å². The van der Waals surface area contributed by atoms with Gasteiger partial charge in [-0.05, 0) is 11.6 Å². The van der Waals surface area contributed by atoms with E-state index in [0.29, 0.717) is 11.3 Å². The molecular weight excluding hydrogens is 330 g/mol. The third-order valence-electron chi connectivity index (χ3n) is 1.15. The summed E-state index contributed by atoms with van der Waals surface area (Å²) in [7, 11) is 0. The molecule has 0 atom stereocenters. The van der Waals surface area contributed by atoms with Crippen LogP contribution in [0.15, 0.2) is 0 Å². The quantitative estimate of drug-likeness (QED) is 0.847. The highest BCUT2D eigenvalue weighted by Crippen LogP contribution is 2.36. The number of hydrogen-bond acceptors (Lipinski definition) is 4. The van der Waals surface area contributed by atoms with Crippen LogP contribution in [0.3, 0.4) is 0 Å². The van der Waals surface area contributed by atoms with Gasteiger partial charge in [-0.2, -0.15) is 8.78 Å². The van der Waals surface area contributed by atoms with Crippen molar-refractivity contribution in [3.05, 3.63) is 5.01 Å². The van der Waals surface area contributed by atoms with Crippen molar-refractivity contribution in [3.8, 4) is 0 Å². The molecule has 4 nitrogen and oxygen atoms in total. The Bertz CT molecular complexity index is 401. The summed E-state index contributed by atoms with van der Waals surface area (Å²) >= 11 is 20.7. The summed E-state index contributed by atoms with van der Waals surface area (Å²) in [6.45, 7) is 0. The third kappa shape index (κ3) is 3.81. The Morgan fingerprint density at radius 3 is 2.19 bits per heavy atom. The van der Waals surface area contributed by atoms with Gasteiger partial charge >= 0.3 is 5.38 Å². The Kier molecular flexibility index (Phi) is 4.18. The van der Waals surface area contributed by atoms with E-state index in [-0.39, 0.29) is 5.13 Å². The van der Waals surface area contributed by atoms with Gasteiger partial charge in [0.2, 0.25) is 10.1 Å². The first kappa shape index (κ1) is 14.1. The molecule has 1 aromatic heterocycles. The van der Waals surface area contributed by atoms with Crippen molar-refractivity contribution in [1.29, 1.82) is 0 Å². The van der Waals surface area contributed by atoms with Gasteiger partial charge in [-0.3, -0.25) is 10.1 Å². The van der Waals surface area contributed by atoms with Crippen LogP contribution < -0.4 is 5.32 Å². The van der Waals surface area contributed by atoms with Crippen LogP contribution in [0.5, 0.6) is 0 Å². The van der Waals surface area contributed by atoms with E-state index in [0.717, 1.165) is 0 Å². The van der Waals surface area contributed by atoms with Gasteiger partial charge in [0.15, 0.2) is 0 Å². The summed E-state index contributed by atoms with van der Waals surface area (Å²) in [5.74, 6) is -1.03. The first-order valence-corrected chi connectivity index (χ1v) is 5.72. The smallest absolute Gasteiger partial charge is 0.297 e. The van der Waals surface area contributed by atoms with E-state index < -0.39 is 20.1 Å². The first-order chi connectivity index (χ1) is 7.10. The summed E-state index contributed by atoms with van der Waals surface area (Å²) in [4.78, 5) is 11.1. The summed E-state index contributed by atoms with van der Waals surface area (Å²) in [5, 5.41) is 3.62. The molecule has 0 radical (unpaired) electrons. The molecule has 0 bridgehead atoms. The predicted octanol–water partition coefficient (Wildman–Crippen LogP) is 3.13. The lowest BCUT2D eigenvalue weighted by molar-refractivity contribution is -0.115. The molecule has 0 saturated carbocycles. The zero-order valence-electron chi connectivity index (χ0n) is 6.98. The first-order valence-electron chi connectivity index (χ1n) is 3.39. The van der Waals surface area contributed by atoms with Gasteiger partial charge in [0, 0.05) is 0 Å². The topological polar surface area (TPSA) is 54.9 Å². The molecule has 1 aromatic rings. The molecule has 0 saturated heterocycles. The highest BCUT2D eigenvalue weighted by atomic mass is 35.6. The lowest BCUT2D eigenvalue weighted by Crippen LogP contribution is -2.26. The number of amides is 1. The van der Waals surface area contributed by atoms with Crippen LogP contribution >= 0.6 is 57.7 Å². The Morgan fingerprint density at radius 2 is 1.81 bits per heavy atom. The third-order valence-corrected chi connectivity index (χ3v) is 2.86. The van der Waals surface area contributed by atoms with E-state index in [1.54, 1.807) is 0 Å². The van der Waals surface area contributed by atoms with Crippen molar-refractivity contribution in [1.82, 2.24) is 10.2 Å². The maximum Gasteiger partial charge on any atom is 0.375 e. The molecule has 1 heterocycles. The molecular formula is C5HCl4F2N3OS. The van der Waals surface area contributed by atoms with Crippen molar-refractivity contribution in [2.45, 2.75) is 9.17 Å². The molecule has 90 valence electrons. The Balaban J connectivity index is 2.78. The predicted molar refractivity (Wildman–Crippen MR) is 58.6 cm³/mol. The highest BCUT2D eigenvalue weighted by Gasteiger charge is 2.35. The maximum atomic E-state index is 12.5. The molecule has 0 spiro atoms. The minimum Gasteiger partial charge on any atom is -0.297 e. The number of nitrogens with one attached hydrogen (secondary N) is 1. The van der Waals surface area contributed by atoms with Gasteiger partial charge in [-0.25, -0.2) is 0 Å². The van der Waals surface area contributed by atoms with Gasteiger partial charge < -0.3 is 0 Å². The van der Waals surface area contributed by atoms with Gasteiger partial charge in [-0.15, -0.1) is 10.2 Å². The molecule has 1 amide bonds. The Hall–Kier alpha value is 0.0500. The Morgan fingerprint density at radius 1 is 1.25 bits per heavy atom. The molecule has 0 aliphatic heterocycles. The van der Waals surface area contributed by atoms with Crippen LogP contribution in [0.1, 0.15) is 5.01 Å². The molecule has 0 aromatic carbocycles. The number of alkyl halides is 6. The van der Waals surface area contributed by atoms with Crippen LogP contribution in [0.4, 0.5) is 13.9 Å². The fraction of sp³-hybridized carbons (Fsp3) is 0.400. The Labute approximate surface area is 112 Å². The lowest BCUT2D eigenvalue weighted by Gasteiger charge is -2.08. The minimum absolute atomic E-state index is 0.244. The van der Waals surface area contributed by atoms with Crippen LogP contribution in [-0.4, -0.2) is 19.9 Å². The van der Waals surface area contributed by atoms with Crippen molar-refractivity contribution in [2.75, 3.05) is 5.32 Å². The summed E-state index contributed by atoms with van der Waals surface area (Å²) in [6, 6.07) is 0. The molecule has 0 aliphatic carbocycles. The molecule has 0 fully saturated rings. The standard InChI is InChI=1S/C5HCl4F2N3OS/c6-4(7,8)1(15)12-3-14-13-2(16-3)5(9,10)11/h(H,12,14,15). The number of carbonyl (C=O) groups excluding carboxylic acids is 1. The maximum absolute atomic E-state index is 12.5. The van der Waals surface area contributed by atoms with E-state index in [4.69, 9.17) is 34.8 Å². The van der Waals surface area contributed by atoms with Crippen molar-refractivity contribution in [2.24, 2.45) is 0 Å². The van der Waals surface area contributed by atoms with E-state index in [2.05, 4.69) is 21.8 Å². The van der Waals surface area contributed by atoms with Crippen LogP contribution in [-0.2, 0) is 10.2 Å². The summed E-state index contributed by atoms with van der Waals surface area (Å²) < 4.78 is 22.8. The number of carbonyl (C=O) groups is 1. The second kappa shape index (κ2) is 4.73.